The molecule has 0 spiro atoms. The van der Waals surface area contributed by atoms with E-state index in [2.05, 4.69) is 52.8 Å². The Bertz CT molecular complexity index is 498. The Hall–Kier alpha value is -1.05. The molecule has 0 saturated carbocycles. The standard InChI is InChI=1S/C21H34O2/c1-8-21(6,7)20(22)23-17-12-14(4)11-16-10-9-15(5)18(13(2)3)19(16)17/h9-11,13-15,17-19H,8,12H2,1-7H3/t14-,15-,17-,18-,19+/m0/s1. The molecule has 0 amide bonds. The highest BCUT2D eigenvalue weighted by atomic mass is 16.5. The van der Waals surface area contributed by atoms with Crippen LogP contribution in [0.2, 0.25) is 0 Å². The van der Waals surface area contributed by atoms with Crippen LogP contribution in [0.5, 0.6) is 0 Å². The van der Waals surface area contributed by atoms with Gasteiger partial charge in [-0.2, -0.15) is 0 Å². The lowest BCUT2D eigenvalue weighted by Gasteiger charge is -2.45. The highest BCUT2D eigenvalue weighted by molar-refractivity contribution is 5.76. The summed E-state index contributed by atoms with van der Waals surface area (Å²) in [7, 11) is 0. The number of carbonyl (C=O) groups is 1. The van der Waals surface area contributed by atoms with Gasteiger partial charge in [-0.25, -0.2) is 0 Å². The van der Waals surface area contributed by atoms with Gasteiger partial charge in [0.1, 0.15) is 6.10 Å². The summed E-state index contributed by atoms with van der Waals surface area (Å²) < 4.78 is 6.10. The average Bonchev–Trinajstić information content (AvgIpc) is 2.47. The third-order valence-corrected chi connectivity index (χ3v) is 5.95. The molecule has 0 bridgehead atoms. The van der Waals surface area contributed by atoms with E-state index in [1.54, 1.807) is 0 Å². The van der Waals surface area contributed by atoms with Crippen LogP contribution in [-0.2, 0) is 9.53 Å². The molecule has 0 aliphatic heterocycles. The first-order chi connectivity index (χ1) is 10.7. The summed E-state index contributed by atoms with van der Waals surface area (Å²) in [5, 5.41) is 0. The van der Waals surface area contributed by atoms with Gasteiger partial charge in [0.15, 0.2) is 0 Å². The first-order valence-corrected chi connectivity index (χ1v) is 9.28. The van der Waals surface area contributed by atoms with E-state index in [0.29, 0.717) is 29.6 Å². The van der Waals surface area contributed by atoms with Crippen LogP contribution in [0.3, 0.4) is 0 Å². The Kier molecular flexibility index (Phi) is 5.43. The fraction of sp³-hybridized carbons (Fsp3) is 0.762. The van der Waals surface area contributed by atoms with Crippen molar-refractivity contribution in [2.75, 3.05) is 0 Å². The molecule has 0 N–H and O–H groups in total. The third kappa shape index (κ3) is 3.72. The molecule has 0 unspecified atom stereocenters. The summed E-state index contributed by atoms with van der Waals surface area (Å²) in [4.78, 5) is 12.6. The molecule has 2 heteroatoms. The molecule has 23 heavy (non-hydrogen) atoms. The lowest BCUT2D eigenvalue weighted by molar-refractivity contribution is -0.165. The summed E-state index contributed by atoms with van der Waals surface area (Å²) >= 11 is 0. The molecule has 130 valence electrons. The smallest absolute Gasteiger partial charge is 0.311 e. The van der Waals surface area contributed by atoms with Gasteiger partial charge in [0.25, 0.3) is 0 Å². The highest BCUT2D eigenvalue weighted by Crippen LogP contribution is 2.46. The molecule has 0 aromatic heterocycles. The molecule has 0 heterocycles. The topological polar surface area (TPSA) is 26.3 Å². The first kappa shape index (κ1) is 18.3. The second-order valence-electron chi connectivity index (χ2n) is 8.63. The molecule has 0 radical (unpaired) electrons. The average molecular weight is 319 g/mol. The van der Waals surface area contributed by atoms with Crippen LogP contribution >= 0.6 is 0 Å². The maximum Gasteiger partial charge on any atom is 0.311 e. The predicted octanol–water partition coefficient (Wildman–Crippen LogP) is 5.39. The molecule has 2 nitrogen and oxygen atoms in total. The number of rotatable bonds is 4. The number of allylic oxidation sites excluding steroid dienone is 3. The van der Waals surface area contributed by atoms with Crippen molar-refractivity contribution >= 4 is 5.97 Å². The fourth-order valence-electron chi connectivity index (χ4n) is 4.17. The third-order valence-electron chi connectivity index (χ3n) is 5.95. The summed E-state index contributed by atoms with van der Waals surface area (Å²) in [6, 6.07) is 0. The molecule has 0 fully saturated rings. The van der Waals surface area contributed by atoms with Gasteiger partial charge in [-0.15, -0.1) is 0 Å². The van der Waals surface area contributed by atoms with Gasteiger partial charge in [0.2, 0.25) is 0 Å². The minimum absolute atomic E-state index is 0.0168. The SMILES string of the molecule is CCC(C)(C)C(=O)O[C@H]1C[C@@H](C)C=C2C=C[C@H](C)[C@H](C(C)C)[C@H]21. The van der Waals surface area contributed by atoms with Gasteiger partial charge in [0, 0.05) is 5.92 Å². The van der Waals surface area contributed by atoms with E-state index in [9.17, 15) is 4.79 Å². The van der Waals surface area contributed by atoms with Crippen LogP contribution < -0.4 is 0 Å². The summed E-state index contributed by atoms with van der Waals surface area (Å²) in [6.07, 6.45) is 8.77. The molecular weight excluding hydrogens is 284 g/mol. The van der Waals surface area contributed by atoms with Crippen molar-refractivity contribution in [3.8, 4) is 0 Å². The van der Waals surface area contributed by atoms with Gasteiger partial charge in [-0.3, -0.25) is 4.79 Å². The number of esters is 1. The zero-order valence-corrected chi connectivity index (χ0v) is 15.9. The maximum absolute atomic E-state index is 12.6. The lowest BCUT2D eigenvalue weighted by Crippen LogP contribution is -2.44. The van der Waals surface area contributed by atoms with Crippen molar-refractivity contribution < 1.29 is 9.53 Å². The molecule has 0 aromatic rings. The second-order valence-corrected chi connectivity index (χ2v) is 8.63. The van der Waals surface area contributed by atoms with Crippen molar-refractivity contribution in [3.05, 3.63) is 23.8 Å². The predicted molar refractivity (Wildman–Crippen MR) is 95.9 cm³/mol. The van der Waals surface area contributed by atoms with Gasteiger partial charge < -0.3 is 4.74 Å². The van der Waals surface area contributed by atoms with Gasteiger partial charge in [-0.1, -0.05) is 52.8 Å². The van der Waals surface area contributed by atoms with E-state index in [4.69, 9.17) is 4.74 Å². The van der Waals surface area contributed by atoms with E-state index in [1.807, 2.05) is 13.8 Å². The maximum atomic E-state index is 12.6. The highest BCUT2D eigenvalue weighted by Gasteiger charge is 2.43. The Morgan fingerprint density at radius 1 is 1.35 bits per heavy atom. The minimum atomic E-state index is -0.395. The van der Waals surface area contributed by atoms with Crippen molar-refractivity contribution in [1.82, 2.24) is 0 Å². The van der Waals surface area contributed by atoms with E-state index >= 15 is 0 Å². The largest absolute Gasteiger partial charge is 0.461 e. The lowest BCUT2D eigenvalue weighted by atomic mass is 9.63. The number of hydrogen-bond acceptors (Lipinski definition) is 2. The number of fused-ring (bicyclic) bond motifs is 1. The quantitative estimate of drug-likeness (QED) is 0.649. The van der Waals surface area contributed by atoms with Crippen LogP contribution in [0.15, 0.2) is 23.8 Å². The fourth-order valence-corrected chi connectivity index (χ4v) is 4.17. The zero-order chi connectivity index (χ0) is 17.4. The molecule has 2 aliphatic carbocycles. The summed E-state index contributed by atoms with van der Waals surface area (Å²) in [5.74, 6) is 2.44. The van der Waals surface area contributed by atoms with Crippen molar-refractivity contribution in [1.29, 1.82) is 0 Å². The van der Waals surface area contributed by atoms with Crippen LogP contribution in [0.25, 0.3) is 0 Å². The van der Waals surface area contributed by atoms with Gasteiger partial charge >= 0.3 is 5.97 Å². The molecule has 2 rings (SSSR count). The summed E-state index contributed by atoms with van der Waals surface area (Å²) in [6.45, 7) is 15.1. The van der Waals surface area contributed by atoms with E-state index in [-0.39, 0.29) is 12.1 Å². The Labute approximate surface area is 142 Å². The Morgan fingerprint density at radius 2 is 2.00 bits per heavy atom. The van der Waals surface area contributed by atoms with Gasteiger partial charge in [-0.05, 0) is 55.9 Å². The Morgan fingerprint density at radius 3 is 2.57 bits per heavy atom. The Balaban J connectivity index is 2.30. The molecule has 0 saturated heterocycles. The van der Waals surface area contributed by atoms with Crippen molar-refractivity contribution in [2.24, 2.45) is 35.0 Å². The monoisotopic (exact) mass is 318 g/mol. The number of ether oxygens (including phenoxy) is 1. The molecule has 2 aliphatic rings. The van der Waals surface area contributed by atoms with Crippen molar-refractivity contribution in [2.45, 2.75) is 67.4 Å². The summed E-state index contributed by atoms with van der Waals surface area (Å²) in [5.41, 5.74) is 0.987. The second kappa shape index (κ2) is 6.83. The molecule has 0 aromatic carbocycles. The van der Waals surface area contributed by atoms with Crippen LogP contribution in [0.1, 0.15) is 61.3 Å². The molecule has 5 atom stereocenters. The normalized spacial score (nSPS) is 34.1. The van der Waals surface area contributed by atoms with E-state index in [0.717, 1.165) is 12.8 Å². The van der Waals surface area contributed by atoms with Crippen LogP contribution in [0, 0.1) is 35.0 Å². The van der Waals surface area contributed by atoms with Crippen LogP contribution in [-0.4, -0.2) is 12.1 Å². The van der Waals surface area contributed by atoms with Gasteiger partial charge in [0.05, 0.1) is 5.41 Å². The minimum Gasteiger partial charge on any atom is -0.461 e. The van der Waals surface area contributed by atoms with Crippen molar-refractivity contribution in [3.63, 3.8) is 0 Å². The molecular formula is C21H34O2. The van der Waals surface area contributed by atoms with Crippen LogP contribution in [0.4, 0.5) is 0 Å². The van der Waals surface area contributed by atoms with E-state index in [1.165, 1.54) is 5.57 Å². The first-order valence-electron chi connectivity index (χ1n) is 9.28. The number of carbonyl (C=O) groups excluding carboxylic acids is 1. The zero-order valence-electron chi connectivity index (χ0n) is 15.9. The number of hydrogen-bond donors (Lipinski definition) is 0. The van der Waals surface area contributed by atoms with E-state index < -0.39 is 5.41 Å².